The Morgan fingerprint density at radius 1 is 1.23 bits per heavy atom. The maximum Gasteiger partial charge on any atom is 0.433 e. The molecular weight excluding hydrogens is 319 g/mol. The number of sulfonamides is 1. The van der Waals surface area contributed by atoms with Crippen molar-refractivity contribution in [3.05, 3.63) is 23.5 Å². The van der Waals surface area contributed by atoms with E-state index in [1.54, 1.807) is 0 Å². The molecule has 0 radical (unpaired) electrons. The van der Waals surface area contributed by atoms with Crippen LogP contribution in [0.4, 0.5) is 13.2 Å². The maximum absolute atomic E-state index is 12.6. The van der Waals surface area contributed by atoms with Gasteiger partial charge in [0, 0.05) is 13.1 Å². The van der Waals surface area contributed by atoms with E-state index in [-0.39, 0.29) is 22.4 Å². The van der Waals surface area contributed by atoms with E-state index in [1.807, 2.05) is 0 Å². The van der Waals surface area contributed by atoms with Crippen LogP contribution < -0.4 is 5.32 Å². The lowest BCUT2D eigenvalue weighted by atomic mass is 10.0. The molecule has 1 N–H and O–H groups in total. The number of rotatable bonds is 2. The molecule has 122 valence electrons. The highest BCUT2D eigenvalue weighted by Gasteiger charge is 2.42. The van der Waals surface area contributed by atoms with Gasteiger partial charge in [0.15, 0.2) is 0 Å². The van der Waals surface area contributed by atoms with Crippen molar-refractivity contribution in [3.63, 3.8) is 0 Å². The van der Waals surface area contributed by atoms with Crippen molar-refractivity contribution in [3.8, 4) is 0 Å². The smallest absolute Gasteiger partial charge is 0.316 e. The average Bonchev–Trinajstić information content (AvgIpc) is 2.97. The number of alkyl halides is 3. The molecule has 0 bridgehead atoms. The van der Waals surface area contributed by atoms with Gasteiger partial charge in [0.2, 0.25) is 10.0 Å². The molecule has 0 amide bonds. The van der Waals surface area contributed by atoms with Crippen LogP contribution in [0.15, 0.2) is 17.0 Å². The van der Waals surface area contributed by atoms with Crippen LogP contribution in [0.5, 0.6) is 0 Å². The second kappa shape index (κ2) is 5.17. The van der Waals surface area contributed by atoms with E-state index in [2.05, 4.69) is 10.3 Å². The lowest BCUT2D eigenvalue weighted by Gasteiger charge is -2.19. The quantitative estimate of drug-likeness (QED) is 0.884. The minimum atomic E-state index is -4.58. The SMILES string of the molecule is Cc1nc(C(F)(F)F)ccc1S(=O)(=O)N1C[C@H]2CNC[C@@H]2C1. The minimum absolute atomic E-state index is 0.120. The number of nitrogens with zero attached hydrogens (tertiary/aromatic N) is 2. The van der Waals surface area contributed by atoms with Crippen LogP contribution >= 0.6 is 0 Å². The van der Waals surface area contributed by atoms with Gasteiger partial charge in [0.1, 0.15) is 10.6 Å². The molecule has 3 rings (SSSR count). The van der Waals surface area contributed by atoms with Crippen LogP contribution in [-0.4, -0.2) is 43.9 Å². The van der Waals surface area contributed by atoms with Gasteiger partial charge in [-0.25, -0.2) is 13.4 Å². The van der Waals surface area contributed by atoms with Gasteiger partial charge < -0.3 is 5.32 Å². The Kier molecular flexibility index (Phi) is 3.69. The first-order chi connectivity index (χ1) is 10.2. The molecule has 2 fully saturated rings. The zero-order valence-electron chi connectivity index (χ0n) is 11.9. The number of hydrogen-bond acceptors (Lipinski definition) is 4. The van der Waals surface area contributed by atoms with Crippen molar-refractivity contribution in [2.45, 2.75) is 18.0 Å². The number of aryl methyl sites for hydroxylation is 1. The van der Waals surface area contributed by atoms with E-state index in [0.29, 0.717) is 13.1 Å². The molecule has 9 heteroatoms. The monoisotopic (exact) mass is 335 g/mol. The molecular formula is C13H16F3N3O2S. The molecule has 3 heterocycles. The summed E-state index contributed by atoms with van der Waals surface area (Å²) in [5.74, 6) is 0.551. The third-order valence-corrected chi connectivity index (χ3v) is 6.27. The average molecular weight is 335 g/mol. The van der Waals surface area contributed by atoms with Crippen LogP contribution in [-0.2, 0) is 16.2 Å². The summed E-state index contributed by atoms with van der Waals surface area (Å²) in [6.45, 7) is 3.66. The molecule has 0 spiro atoms. The highest BCUT2D eigenvalue weighted by Crippen LogP contribution is 2.33. The summed E-state index contributed by atoms with van der Waals surface area (Å²) >= 11 is 0. The first kappa shape index (κ1) is 15.7. The fraction of sp³-hybridized carbons (Fsp3) is 0.615. The van der Waals surface area contributed by atoms with Crippen LogP contribution in [0, 0.1) is 18.8 Å². The van der Waals surface area contributed by atoms with E-state index in [0.717, 1.165) is 25.2 Å². The minimum Gasteiger partial charge on any atom is -0.316 e. The Labute approximate surface area is 126 Å². The molecule has 0 aliphatic carbocycles. The fourth-order valence-corrected chi connectivity index (χ4v) is 4.84. The van der Waals surface area contributed by atoms with E-state index >= 15 is 0 Å². The van der Waals surface area contributed by atoms with Crippen LogP contribution in [0.3, 0.4) is 0 Å². The van der Waals surface area contributed by atoms with E-state index < -0.39 is 21.9 Å². The van der Waals surface area contributed by atoms with Crippen molar-refractivity contribution in [2.75, 3.05) is 26.2 Å². The molecule has 0 unspecified atom stereocenters. The number of aromatic nitrogens is 1. The van der Waals surface area contributed by atoms with Crippen molar-refractivity contribution in [1.82, 2.24) is 14.6 Å². The number of pyridine rings is 1. The fourth-order valence-electron chi connectivity index (χ4n) is 3.13. The van der Waals surface area contributed by atoms with Crippen LogP contribution in [0.1, 0.15) is 11.4 Å². The maximum atomic E-state index is 12.6. The summed E-state index contributed by atoms with van der Waals surface area (Å²) in [4.78, 5) is 3.27. The third kappa shape index (κ3) is 2.61. The van der Waals surface area contributed by atoms with Gasteiger partial charge in [-0.05, 0) is 44.0 Å². The molecule has 0 saturated carbocycles. The van der Waals surface area contributed by atoms with Gasteiger partial charge in [-0.2, -0.15) is 17.5 Å². The van der Waals surface area contributed by atoms with Gasteiger partial charge in [0.05, 0.1) is 5.69 Å². The van der Waals surface area contributed by atoms with Crippen molar-refractivity contribution in [2.24, 2.45) is 11.8 Å². The number of fused-ring (bicyclic) bond motifs is 1. The van der Waals surface area contributed by atoms with Crippen molar-refractivity contribution >= 4 is 10.0 Å². The Balaban J connectivity index is 1.90. The van der Waals surface area contributed by atoms with E-state index in [9.17, 15) is 21.6 Å². The summed E-state index contributed by atoms with van der Waals surface area (Å²) in [7, 11) is -3.80. The second-order valence-corrected chi connectivity index (χ2v) is 7.68. The first-order valence-corrected chi connectivity index (χ1v) is 8.39. The Hall–Kier alpha value is -1.19. The molecule has 2 aliphatic heterocycles. The molecule has 22 heavy (non-hydrogen) atoms. The normalized spacial score (nSPS) is 26.4. The van der Waals surface area contributed by atoms with Crippen LogP contribution in [0.25, 0.3) is 0 Å². The largest absolute Gasteiger partial charge is 0.433 e. The van der Waals surface area contributed by atoms with Crippen molar-refractivity contribution < 1.29 is 21.6 Å². The second-order valence-electron chi connectivity index (χ2n) is 5.78. The van der Waals surface area contributed by atoms with Gasteiger partial charge in [0.25, 0.3) is 0 Å². The highest BCUT2D eigenvalue weighted by atomic mass is 32.2. The third-order valence-electron chi connectivity index (χ3n) is 4.30. The summed E-state index contributed by atoms with van der Waals surface area (Å²) < 4.78 is 64.5. The van der Waals surface area contributed by atoms with Gasteiger partial charge in [-0.15, -0.1) is 0 Å². The molecule has 2 atom stereocenters. The lowest BCUT2D eigenvalue weighted by molar-refractivity contribution is -0.141. The van der Waals surface area contributed by atoms with Gasteiger partial charge in [-0.1, -0.05) is 0 Å². The Morgan fingerprint density at radius 2 is 1.82 bits per heavy atom. The summed E-state index contributed by atoms with van der Waals surface area (Å²) in [6.07, 6.45) is -4.58. The van der Waals surface area contributed by atoms with Gasteiger partial charge >= 0.3 is 6.18 Å². The first-order valence-electron chi connectivity index (χ1n) is 6.95. The summed E-state index contributed by atoms with van der Waals surface area (Å²) in [5.41, 5.74) is -1.20. The number of halogens is 3. The molecule has 5 nitrogen and oxygen atoms in total. The Bertz CT molecular complexity index is 678. The lowest BCUT2D eigenvalue weighted by Crippen LogP contribution is -2.32. The Morgan fingerprint density at radius 3 is 2.32 bits per heavy atom. The van der Waals surface area contributed by atoms with Gasteiger partial charge in [-0.3, -0.25) is 0 Å². The highest BCUT2D eigenvalue weighted by molar-refractivity contribution is 7.89. The predicted molar refractivity (Wildman–Crippen MR) is 72.6 cm³/mol. The van der Waals surface area contributed by atoms with E-state index in [1.165, 1.54) is 11.2 Å². The summed E-state index contributed by atoms with van der Waals surface area (Å²) in [5, 5.41) is 3.21. The predicted octanol–water partition coefficient (Wildman–Crippen LogP) is 1.25. The van der Waals surface area contributed by atoms with Crippen molar-refractivity contribution in [1.29, 1.82) is 0 Å². The molecule has 1 aromatic heterocycles. The number of hydrogen-bond donors (Lipinski definition) is 1. The zero-order valence-corrected chi connectivity index (χ0v) is 12.7. The number of nitrogens with one attached hydrogen (secondary N) is 1. The molecule has 1 aromatic rings. The molecule has 2 saturated heterocycles. The van der Waals surface area contributed by atoms with E-state index in [4.69, 9.17) is 0 Å². The topological polar surface area (TPSA) is 62.3 Å². The molecule has 2 aliphatic rings. The molecule has 0 aromatic carbocycles. The standard InChI is InChI=1S/C13H16F3N3O2S/c1-8-11(2-3-12(18-8)13(14,15)16)22(20,21)19-6-9-4-17-5-10(9)7-19/h2-3,9-10,17H,4-7H2,1H3/t9-,10-/m1/s1. The zero-order chi connectivity index (χ0) is 16.1. The summed E-state index contributed by atoms with van der Waals surface area (Å²) in [6, 6.07) is 1.73. The van der Waals surface area contributed by atoms with Crippen LogP contribution in [0.2, 0.25) is 0 Å².